The number of hydrogen-bond acceptors (Lipinski definition) is 5. The number of aromatic nitrogens is 2. The summed E-state index contributed by atoms with van der Waals surface area (Å²) in [5.74, 6) is -0.0295. The second-order valence-electron chi connectivity index (χ2n) is 4.60. The molecular formula is C11H15N3O2S. The van der Waals surface area contributed by atoms with Crippen LogP contribution in [0.15, 0.2) is 5.38 Å². The molecule has 5 nitrogen and oxygen atoms in total. The summed E-state index contributed by atoms with van der Waals surface area (Å²) in [4.78, 5) is 14.2. The Balaban J connectivity index is 1.84. The van der Waals surface area contributed by atoms with Gasteiger partial charge in [0.1, 0.15) is 5.72 Å². The van der Waals surface area contributed by atoms with E-state index in [0.717, 1.165) is 25.7 Å². The third-order valence-corrected chi connectivity index (χ3v) is 4.14. The minimum atomic E-state index is -0.348. The molecule has 0 aromatic carbocycles. The number of hydrogen-bond donors (Lipinski definition) is 0. The molecule has 2 heterocycles. The Morgan fingerprint density at radius 3 is 2.94 bits per heavy atom. The SMILES string of the molecule is O=C(c1csnn1)N1CCOC12CCCCC2. The van der Waals surface area contributed by atoms with Crippen LogP contribution in [0.3, 0.4) is 0 Å². The van der Waals surface area contributed by atoms with Crippen LogP contribution in [-0.2, 0) is 4.74 Å². The second-order valence-corrected chi connectivity index (χ2v) is 5.21. The number of carbonyl (C=O) groups is 1. The maximum Gasteiger partial charge on any atom is 0.277 e. The summed E-state index contributed by atoms with van der Waals surface area (Å²) in [7, 11) is 0. The van der Waals surface area contributed by atoms with Gasteiger partial charge >= 0.3 is 0 Å². The van der Waals surface area contributed by atoms with Crippen molar-refractivity contribution in [2.24, 2.45) is 0 Å². The molecule has 0 N–H and O–H groups in total. The summed E-state index contributed by atoms with van der Waals surface area (Å²) >= 11 is 1.21. The van der Waals surface area contributed by atoms with Gasteiger partial charge in [-0.25, -0.2) is 0 Å². The van der Waals surface area contributed by atoms with E-state index in [1.165, 1.54) is 18.0 Å². The summed E-state index contributed by atoms with van der Waals surface area (Å²) in [6, 6.07) is 0. The van der Waals surface area contributed by atoms with Crippen LogP contribution in [0.25, 0.3) is 0 Å². The molecule has 6 heteroatoms. The maximum atomic E-state index is 12.3. The molecule has 1 spiro atoms. The highest BCUT2D eigenvalue weighted by atomic mass is 32.1. The lowest BCUT2D eigenvalue weighted by atomic mass is 9.90. The lowest BCUT2D eigenvalue weighted by molar-refractivity contribution is -0.0920. The fraction of sp³-hybridized carbons (Fsp3) is 0.727. The molecule has 92 valence electrons. The van der Waals surface area contributed by atoms with Crippen molar-refractivity contribution in [3.63, 3.8) is 0 Å². The maximum absolute atomic E-state index is 12.3. The monoisotopic (exact) mass is 253 g/mol. The standard InChI is InChI=1S/C11H15N3O2S/c15-10(9-8-17-13-12-9)14-6-7-16-11(14)4-2-1-3-5-11/h8H,1-7H2. The molecule has 1 aromatic heterocycles. The lowest BCUT2D eigenvalue weighted by Crippen LogP contribution is -2.49. The largest absolute Gasteiger partial charge is 0.354 e. The van der Waals surface area contributed by atoms with Gasteiger partial charge in [0, 0.05) is 11.9 Å². The van der Waals surface area contributed by atoms with E-state index >= 15 is 0 Å². The van der Waals surface area contributed by atoms with Crippen molar-refractivity contribution in [1.29, 1.82) is 0 Å². The van der Waals surface area contributed by atoms with E-state index in [4.69, 9.17) is 4.74 Å². The summed E-state index contributed by atoms with van der Waals surface area (Å²) in [6.45, 7) is 1.32. The van der Waals surface area contributed by atoms with Crippen molar-refractivity contribution in [1.82, 2.24) is 14.5 Å². The van der Waals surface area contributed by atoms with E-state index in [0.29, 0.717) is 18.8 Å². The molecule has 2 aliphatic rings. The van der Waals surface area contributed by atoms with Gasteiger partial charge in [-0.15, -0.1) is 5.10 Å². The van der Waals surface area contributed by atoms with Crippen molar-refractivity contribution < 1.29 is 9.53 Å². The molecule has 17 heavy (non-hydrogen) atoms. The Morgan fingerprint density at radius 1 is 1.41 bits per heavy atom. The number of rotatable bonds is 1. The van der Waals surface area contributed by atoms with Gasteiger partial charge in [0.05, 0.1) is 6.61 Å². The van der Waals surface area contributed by atoms with Crippen molar-refractivity contribution in [2.75, 3.05) is 13.2 Å². The average Bonchev–Trinajstić information content (AvgIpc) is 2.99. The number of carbonyl (C=O) groups excluding carboxylic acids is 1. The van der Waals surface area contributed by atoms with Gasteiger partial charge in [-0.2, -0.15) is 0 Å². The first-order chi connectivity index (χ1) is 8.32. The molecule has 3 rings (SSSR count). The van der Waals surface area contributed by atoms with Crippen LogP contribution >= 0.6 is 11.5 Å². The van der Waals surface area contributed by atoms with Crippen molar-refractivity contribution >= 4 is 17.4 Å². The lowest BCUT2D eigenvalue weighted by Gasteiger charge is -2.39. The van der Waals surface area contributed by atoms with Gasteiger partial charge in [-0.1, -0.05) is 10.9 Å². The van der Waals surface area contributed by atoms with Gasteiger partial charge in [0.25, 0.3) is 5.91 Å². The average molecular weight is 253 g/mol. The molecular weight excluding hydrogens is 238 g/mol. The second kappa shape index (κ2) is 4.34. The number of nitrogens with zero attached hydrogens (tertiary/aromatic N) is 3. The third-order valence-electron chi connectivity index (χ3n) is 3.64. The first-order valence-electron chi connectivity index (χ1n) is 6.05. The highest BCUT2D eigenvalue weighted by Gasteiger charge is 2.46. The first kappa shape index (κ1) is 11.1. The predicted molar refractivity (Wildman–Crippen MR) is 62.7 cm³/mol. The summed E-state index contributed by atoms with van der Waals surface area (Å²) in [5, 5.41) is 5.57. The van der Waals surface area contributed by atoms with E-state index in [-0.39, 0.29) is 11.6 Å². The first-order valence-corrected chi connectivity index (χ1v) is 6.88. The highest BCUT2D eigenvalue weighted by Crippen LogP contribution is 2.38. The molecule has 1 saturated heterocycles. The Labute approximate surface area is 104 Å². The normalized spacial score (nSPS) is 23.2. The fourth-order valence-electron chi connectivity index (χ4n) is 2.81. The Hall–Kier alpha value is -1.01. The molecule has 0 atom stereocenters. The Morgan fingerprint density at radius 2 is 2.24 bits per heavy atom. The molecule has 1 aliphatic heterocycles. The van der Waals surface area contributed by atoms with E-state index in [1.807, 2.05) is 4.90 Å². The van der Waals surface area contributed by atoms with Crippen LogP contribution in [-0.4, -0.2) is 39.3 Å². The third kappa shape index (κ3) is 1.85. The molecule has 1 saturated carbocycles. The van der Waals surface area contributed by atoms with E-state index < -0.39 is 0 Å². The van der Waals surface area contributed by atoms with E-state index in [1.54, 1.807) is 5.38 Å². The Bertz CT molecular complexity index is 401. The molecule has 0 bridgehead atoms. The van der Waals surface area contributed by atoms with Crippen LogP contribution in [0.5, 0.6) is 0 Å². The summed E-state index contributed by atoms with van der Waals surface area (Å²) in [5.41, 5.74) is 0.101. The number of ether oxygens (including phenoxy) is 1. The van der Waals surface area contributed by atoms with Crippen LogP contribution in [0.2, 0.25) is 0 Å². The summed E-state index contributed by atoms with van der Waals surface area (Å²) < 4.78 is 9.63. The van der Waals surface area contributed by atoms with Gasteiger partial charge in [0.15, 0.2) is 5.69 Å². The predicted octanol–water partition coefficient (Wildman–Crippen LogP) is 1.67. The molecule has 1 aliphatic carbocycles. The van der Waals surface area contributed by atoms with Crippen LogP contribution < -0.4 is 0 Å². The van der Waals surface area contributed by atoms with Crippen LogP contribution in [0.1, 0.15) is 42.6 Å². The minimum Gasteiger partial charge on any atom is -0.354 e. The number of amides is 1. The molecule has 0 radical (unpaired) electrons. The van der Waals surface area contributed by atoms with Gasteiger partial charge < -0.3 is 9.64 Å². The smallest absolute Gasteiger partial charge is 0.277 e. The summed E-state index contributed by atoms with van der Waals surface area (Å²) in [6.07, 6.45) is 5.43. The molecule has 1 amide bonds. The molecule has 1 aromatic rings. The van der Waals surface area contributed by atoms with Gasteiger partial charge in [0.2, 0.25) is 0 Å². The topological polar surface area (TPSA) is 55.3 Å². The van der Waals surface area contributed by atoms with Gasteiger partial charge in [-0.05, 0) is 37.2 Å². The van der Waals surface area contributed by atoms with Crippen molar-refractivity contribution in [3.05, 3.63) is 11.1 Å². The van der Waals surface area contributed by atoms with Gasteiger partial charge in [-0.3, -0.25) is 4.79 Å². The van der Waals surface area contributed by atoms with Crippen molar-refractivity contribution in [2.45, 2.75) is 37.8 Å². The zero-order valence-corrected chi connectivity index (χ0v) is 10.4. The van der Waals surface area contributed by atoms with E-state index in [2.05, 4.69) is 9.59 Å². The fourth-order valence-corrected chi connectivity index (χ4v) is 3.24. The minimum absolute atomic E-state index is 0.0295. The quantitative estimate of drug-likeness (QED) is 0.764. The Kier molecular flexibility index (Phi) is 2.84. The van der Waals surface area contributed by atoms with Crippen molar-refractivity contribution in [3.8, 4) is 0 Å². The van der Waals surface area contributed by atoms with Crippen LogP contribution in [0, 0.1) is 0 Å². The zero-order chi connectivity index (χ0) is 11.7. The van der Waals surface area contributed by atoms with E-state index in [9.17, 15) is 4.79 Å². The molecule has 2 fully saturated rings. The molecule has 0 unspecified atom stereocenters. The highest BCUT2D eigenvalue weighted by molar-refractivity contribution is 7.03. The zero-order valence-electron chi connectivity index (χ0n) is 9.59. The van der Waals surface area contributed by atoms with Crippen LogP contribution in [0.4, 0.5) is 0 Å².